The molecule has 7 heteroatoms. The first kappa shape index (κ1) is 12.9. The van der Waals surface area contributed by atoms with Crippen LogP contribution in [-0.4, -0.2) is 33.5 Å². The second kappa shape index (κ2) is 4.77. The maximum absolute atomic E-state index is 11.0. The van der Waals surface area contributed by atoms with E-state index in [2.05, 4.69) is 15.3 Å². The van der Waals surface area contributed by atoms with Crippen molar-refractivity contribution in [2.45, 2.75) is 13.8 Å². The summed E-state index contributed by atoms with van der Waals surface area (Å²) in [6.07, 6.45) is 2.73. The molecule has 0 aliphatic carbocycles. The molecule has 7 nitrogen and oxygen atoms in total. The van der Waals surface area contributed by atoms with Gasteiger partial charge in [-0.25, -0.2) is 9.97 Å². The van der Waals surface area contributed by atoms with Gasteiger partial charge in [-0.05, 0) is 13.8 Å². The van der Waals surface area contributed by atoms with Crippen LogP contribution in [0.25, 0.3) is 0 Å². The highest BCUT2D eigenvalue weighted by atomic mass is 16.4. The average molecular weight is 238 g/mol. The van der Waals surface area contributed by atoms with Crippen LogP contribution < -0.4 is 11.1 Å². The normalized spacial score (nSPS) is 10.9. The number of amides is 1. The number of nitrogens with zero attached hydrogens (tertiary/aromatic N) is 2. The van der Waals surface area contributed by atoms with E-state index >= 15 is 0 Å². The van der Waals surface area contributed by atoms with Gasteiger partial charge in [0.25, 0.3) is 5.91 Å². The van der Waals surface area contributed by atoms with Crippen molar-refractivity contribution in [3.8, 4) is 0 Å². The third kappa shape index (κ3) is 3.13. The minimum absolute atomic E-state index is 0.00584. The average Bonchev–Trinajstić information content (AvgIpc) is 2.26. The zero-order valence-corrected chi connectivity index (χ0v) is 9.60. The Morgan fingerprint density at radius 1 is 1.41 bits per heavy atom. The van der Waals surface area contributed by atoms with Crippen LogP contribution >= 0.6 is 0 Å². The summed E-state index contributed by atoms with van der Waals surface area (Å²) < 4.78 is 0. The fourth-order valence-corrected chi connectivity index (χ4v) is 1.03. The number of carboxylic acid groups (broad SMARTS) is 1. The van der Waals surface area contributed by atoms with Gasteiger partial charge in [0.15, 0.2) is 11.5 Å². The quantitative estimate of drug-likeness (QED) is 0.669. The Morgan fingerprint density at radius 3 is 2.53 bits per heavy atom. The lowest BCUT2D eigenvalue weighted by Gasteiger charge is -2.20. The molecule has 0 spiro atoms. The molecular weight excluding hydrogens is 224 g/mol. The molecule has 1 heterocycles. The number of nitrogens with one attached hydrogen (secondary N) is 1. The molecule has 0 bridgehead atoms. The summed E-state index contributed by atoms with van der Waals surface area (Å²) >= 11 is 0. The third-order valence-corrected chi connectivity index (χ3v) is 2.21. The maximum atomic E-state index is 11.0. The van der Waals surface area contributed by atoms with Crippen molar-refractivity contribution in [1.82, 2.24) is 9.97 Å². The van der Waals surface area contributed by atoms with Gasteiger partial charge in [0.05, 0.1) is 5.41 Å². The lowest BCUT2D eigenvalue weighted by Crippen LogP contribution is -2.32. The second-order valence-electron chi connectivity index (χ2n) is 4.16. The zero-order valence-electron chi connectivity index (χ0n) is 9.60. The van der Waals surface area contributed by atoms with E-state index < -0.39 is 17.3 Å². The predicted octanol–water partition coefficient (Wildman–Crippen LogP) is 0.0982. The van der Waals surface area contributed by atoms with Gasteiger partial charge < -0.3 is 16.2 Å². The molecule has 0 aliphatic heterocycles. The zero-order chi connectivity index (χ0) is 13.1. The Bertz CT molecular complexity index is 445. The fraction of sp³-hybridized carbons (Fsp3) is 0.400. The Morgan fingerprint density at radius 2 is 2.00 bits per heavy atom. The molecular formula is C10H14N4O3. The van der Waals surface area contributed by atoms with E-state index in [4.69, 9.17) is 10.8 Å². The van der Waals surface area contributed by atoms with Crippen molar-refractivity contribution >= 4 is 17.7 Å². The van der Waals surface area contributed by atoms with E-state index in [-0.39, 0.29) is 18.1 Å². The number of nitrogens with two attached hydrogens (primary N) is 1. The molecule has 4 N–H and O–H groups in total. The molecule has 0 saturated heterocycles. The molecule has 17 heavy (non-hydrogen) atoms. The molecule has 0 saturated carbocycles. The summed E-state index contributed by atoms with van der Waals surface area (Å²) in [6, 6.07) is 0. The Kier molecular flexibility index (Phi) is 3.62. The smallest absolute Gasteiger partial charge is 0.310 e. The summed E-state index contributed by atoms with van der Waals surface area (Å²) in [7, 11) is 0. The fourth-order valence-electron chi connectivity index (χ4n) is 1.03. The molecule has 0 aliphatic rings. The number of aromatic nitrogens is 2. The summed E-state index contributed by atoms with van der Waals surface area (Å²) in [5.41, 5.74) is 4.13. The molecule has 0 aromatic carbocycles. The molecule has 0 radical (unpaired) electrons. The molecule has 1 aromatic heterocycles. The third-order valence-electron chi connectivity index (χ3n) is 2.21. The number of aliphatic carboxylic acids is 1. The van der Waals surface area contributed by atoms with Gasteiger partial charge in [-0.2, -0.15) is 0 Å². The highest BCUT2D eigenvalue weighted by Gasteiger charge is 2.27. The van der Waals surface area contributed by atoms with Gasteiger partial charge in [0, 0.05) is 18.9 Å². The number of carbonyl (C=O) groups is 2. The molecule has 92 valence electrons. The highest BCUT2D eigenvalue weighted by molar-refractivity contribution is 5.95. The van der Waals surface area contributed by atoms with E-state index in [1.165, 1.54) is 12.4 Å². The van der Waals surface area contributed by atoms with Crippen molar-refractivity contribution in [2.24, 2.45) is 11.1 Å². The van der Waals surface area contributed by atoms with Gasteiger partial charge >= 0.3 is 5.97 Å². The topological polar surface area (TPSA) is 118 Å². The summed E-state index contributed by atoms with van der Waals surface area (Å²) in [5.74, 6) is -1.47. The monoisotopic (exact) mass is 238 g/mol. The summed E-state index contributed by atoms with van der Waals surface area (Å²) in [4.78, 5) is 29.6. The number of rotatable bonds is 5. The van der Waals surface area contributed by atoms with E-state index in [0.29, 0.717) is 0 Å². The lowest BCUT2D eigenvalue weighted by atomic mass is 9.94. The predicted molar refractivity (Wildman–Crippen MR) is 60.5 cm³/mol. The molecule has 0 fully saturated rings. The number of hydrogen-bond acceptors (Lipinski definition) is 5. The SMILES string of the molecule is CC(C)(CNc1nccnc1C(N)=O)C(=O)O. The molecule has 0 atom stereocenters. The maximum Gasteiger partial charge on any atom is 0.310 e. The first-order valence-corrected chi connectivity index (χ1v) is 4.92. The van der Waals surface area contributed by atoms with Gasteiger partial charge in [-0.15, -0.1) is 0 Å². The van der Waals surface area contributed by atoms with E-state index in [1.807, 2.05) is 0 Å². The molecule has 1 rings (SSSR count). The first-order valence-electron chi connectivity index (χ1n) is 4.92. The van der Waals surface area contributed by atoms with Crippen LogP contribution in [0.5, 0.6) is 0 Å². The van der Waals surface area contributed by atoms with Crippen molar-refractivity contribution in [3.05, 3.63) is 18.1 Å². The van der Waals surface area contributed by atoms with Crippen molar-refractivity contribution in [2.75, 3.05) is 11.9 Å². The van der Waals surface area contributed by atoms with Crippen LogP contribution in [0.2, 0.25) is 0 Å². The van der Waals surface area contributed by atoms with Crippen molar-refractivity contribution in [3.63, 3.8) is 0 Å². The number of carbonyl (C=O) groups excluding carboxylic acids is 1. The van der Waals surface area contributed by atoms with Crippen LogP contribution in [0.3, 0.4) is 0 Å². The summed E-state index contributed by atoms with van der Waals surface area (Å²) in [6.45, 7) is 3.23. The highest BCUT2D eigenvalue weighted by Crippen LogP contribution is 2.17. The standard InChI is InChI=1S/C10H14N4O3/c1-10(2,9(16)17)5-14-8-6(7(11)15)12-3-4-13-8/h3-4H,5H2,1-2H3,(H2,11,15)(H,13,14)(H,16,17). The Balaban J connectivity index is 2.83. The van der Waals surface area contributed by atoms with Gasteiger partial charge in [0.2, 0.25) is 0 Å². The van der Waals surface area contributed by atoms with Gasteiger partial charge in [0.1, 0.15) is 0 Å². The number of primary amides is 1. The van der Waals surface area contributed by atoms with E-state index in [0.717, 1.165) is 0 Å². The van der Waals surface area contributed by atoms with E-state index in [9.17, 15) is 9.59 Å². The van der Waals surface area contributed by atoms with Crippen LogP contribution in [-0.2, 0) is 4.79 Å². The van der Waals surface area contributed by atoms with Crippen molar-refractivity contribution in [1.29, 1.82) is 0 Å². The lowest BCUT2D eigenvalue weighted by molar-refractivity contribution is -0.146. The summed E-state index contributed by atoms with van der Waals surface area (Å²) in [5, 5.41) is 11.7. The molecule has 1 amide bonds. The van der Waals surface area contributed by atoms with Crippen LogP contribution in [0.15, 0.2) is 12.4 Å². The molecule has 1 aromatic rings. The Labute approximate surface area is 98.1 Å². The van der Waals surface area contributed by atoms with Crippen LogP contribution in [0, 0.1) is 5.41 Å². The minimum Gasteiger partial charge on any atom is -0.481 e. The number of anilines is 1. The van der Waals surface area contributed by atoms with E-state index in [1.54, 1.807) is 13.8 Å². The van der Waals surface area contributed by atoms with Crippen LogP contribution in [0.1, 0.15) is 24.3 Å². The van der Waals surface area contributed by atoms with Gasteiger partial charge in [-0.1, -0.05) is 0 Å². The van der Waals surface area contributed by atoms with Crippen LogP contribution in [0.4, 0.5) is 5.82 Å². The number of hydrogen-bond donors (Lipinski definition) is 3. The Hall–Kier alpha value is -2.18. The number of carboxylic acids is 1. The first-order chi connectivity index (χ1) is 7.84. The van der Waals surface area contributed by atoms with Crippen molar-refractivity contribution < 1.29 is 14.7 Å². The largest absolute Gasteiger partial charge is 0.481 e. The molecule has 0 unspecified atom stereocenters. The van der Waals surface area contributed by atoms with Gasteiger partial charge in [-0.3, -0.25) is 9.59 Å². The minimum atomic E-state index is -0.980. The second-order valence-corrected chi connectivity index (χ2v) is 4.16.